The van der Waals surface area contributed by atoms with Crippen molar-refractivity contribution in [1.82, 2.24) is 0 Å². The van der Waals surface area contributed by atoms with Crippen LogP contribution in [0.25, 0.3) is 0 Å². The Bertz CT molecular complexity index is 544. The molecule has 130 valence electrons. The van der Waals surface area contributed by atoms with Crippen molar-refractivity contribution >= 4 is 5.97 Å². The van der Waals surface area contributed by atoms with Crippen LogP contribution in [0.15, 0.2) is 18.2 Å². The topological polar surface area (TPSA) is 46.5 Å². The van der Waals surface area contributed by atoms with E-state index in [1.807, 2.05) is 13.0 Å². The van der Waals surface area contributed by atoms with Crippen molar-refractivity contribution in [2.45, 2.75) is 84.7 Å². The summed E-state index contributed by atoms with van der Waals surface area (Å²) in [6.45, 7) is 15.0. The lowest BCUT2D eigenvalue weighted by Crippen LogP contribution is -2.28. The van der Waals surface area contributed by atoms with Crippen molar-refractivity contribution in [3.63, 3.8) is 0 Å². The Morgan fingerprint density at radius 2 is 1.65 bits per heavy atom. The predicted octanol–water partition coefficient (Wildman–Crippen LogP) is 5.30. The Kier molecular flexibility index (Phi) is 6.26. The number of carbonyl (C=O) groups is 1. The van der Waals surface area contributed by atoms with Crippen LogP contribution in [-0.2, 0) is 15.6 Å². The summed E-state index contributed by atoms with van der Waals surface area (Å²) < 4.78 is 5.85. The first-order valence-corrected chi connectivity index (χ1v) is 8.63. The third kappa shape index (κ3) is 4.49. The maximum Gasteiger partial charge on any atom is 0.344 e. The Hall–Kier alpha value is -1.51. The Morgan fingerprint density at radius 3 is 2.09 bits per heavy atom. The highest BCUT2D eigenvalue weighted by atomic mass is 16.5. The summed E-state index contributed by atoms with van der Waals surface area (Å²) in [5.74, 6) is -0.215. The number of carboxylic acids is 1. The van der Waals surface area contributed by atoms with Crippen LogP contribution in [0.1, 0.15) is 78.9 Å². The van der Waals surface area contributed by atoms with Gasteiger partial charge in [-0.3, -0.25) is 0 Å². The molecule has 0 aliphatic carbocycles. The molecule has 0 fully saturated rings. The summed E-state index contributed by atoms with van der Waals surface area (Å²) in [7, 11) is 0. The summed E-state index contributed by atoms with van der Waals surface area (Å²) in [4.78, 5) is 11.3. The van der Waals surface area contributed by atoms with E-state index in [-0.39, 0.29) is 10.8 Å². The van der Waals surface area contributed by atoms with Crippen LogP contribution in [0.4, 0.5) is 0 Å². The van der Waals surface area contributed by atoms with Crippen LogP contribution in [0.2, 0.25) is 0 Å². The van der Waals surface area contributed by atoms with Gasteiger partial charge in [-0.1, -0.05) is 60.6 Å². The van der Waals surface area contributed by atoms with E-state index in [2.05, 4.69) is 53.7 Å². The molecule has 0 heterocycles. The van der Waals surface area contributed by atoms with E-state index in [0.29, 0.717) is 12.2 Å². The standard InChI is InChI=1S/C20H32O3/c1-8-16(18(21)22)23-17-12-11-14(19(4,5)9-2)13-15(17)20(6,7)10-3/h11-13,16H,8-10H2,1-7H3,(H,21,22)/t16-/m1/s1. The average molecular weight is 320 g/mol. The second-order valence-electron chi connectivity index (χ2n) is 7.54. The number of ether oxygens (including phenoxy) is 1. The zero-order chi connectivity index (χ0) is 17.8. The van der Waals surface area contributed by atoms with E-state index in [9.17, 15) is 9.90 Å². The molecule has 3 nitrogen and oxygen atoms in total. The summed E-state index contributed by atoms with van der Waals surface area (Å²) in [6, 6.07) is 6.23. The van der Waals surface area contributed by atoms with Crippen molar-refractivity contribution in [1.29, 1.82) is 0 Å². The van der Waals surface area contributed by atoms with Gasteiger partial charge in [0.2, 0.25) is 0 Å². The Morgan fingerprint density at radius 1 is 1.09 bits per heavy atom. The van der Waals surface area contributed by atoms with E-state index >= 15 is 0 Å². The first-order valence-electron chi connectivity index (χ1n) is 8.63. The number of hydrogen-bond donors (Lipinski definition) is 1. The quantitative estimate of drug-likeness (QED) is 0.706. The fourth-order valence-corrected chi connectivity index (χ4v) is 2.44. The normalized spacial score (nSPS) is 13.7. The third-order valence-electron chi connectivity index (χ3n) is 5.17. The minimum absolute atomic E-state index is 0.0635. The van der Waals surface area contributed by atoms with Gasteiger partial charge in [0.1, 0.15) is 5.75 Å². The summed E-state index contributed by atoms with van der Waals surface area (Å²) in [6.07, 6.45) is 1.66. The molecule has 23 heavy (non-hydrogen) atoms. The first-order chi connectivity index (χ1) is 10.6. The molecule has 1 rings (SSSR count). The average Bonchev–Trinajstić information content (AvgIpc) is 2.51. The molecular weight excluding hydrogens is 288 g/mol. The zero-order valence-electron chi connectivity index (χ0n) is 15.7. The monoisotopic (exact) mass is 320 g/mol. The first kappa shape index (κ1) is 19.5. The fourth-order valence-electron chi connectivity index (χ4n) is 2.44. The molecule has 0 unspecified atom stereocenters. The molecule has 0 radical (unpaired) electrons. The van der Waals surface area contributed by atoms with Crippen molar-refractivity contribution in [2.24, 2.45) is 0 Å². The van der Waals surface area contributed by atoms with Crippen molar-refractivity contribution in [3.8, 4) is 5.75 Å². The lowest BCUT2D eigenvalue weighted by molar-refractivity contribution is -0.145. The molecule has 0 saturated carbocycles. The Labute approximate surface area is 141 Å². The summed E-state index contributed by atoms with van der Waals surface area (Å²) >= 11 is 0. The van der Waals surface area contributed by atoms with Gasteiger partial charge in [-0.05, 0) is 41.7 Å². The van der Waals surface area contributed by atoms with E-state index in [4.69, 9.17) is 4.74 Å². The molecule has 0 aliphatic heterocycles. The van der Waals surface area contributed by atoms with Crippen LogP contribution in [0.3, 0.4) is 0 Å². The van der Waals surface area contributed by atoms with Gasteiger partial charge in [-0.2, -0.15) is 0 Å². The van der Waals surface area contributed by atoms with E-state index < -0.39 is 12.1 Å². The maximum atomic E-state index is 11.3. The molecule has 1 aromatic rings. The molecule has 0 saturated heterocycles. The third-order valence-corrected chi connectivity index (χ3v) is 5.17. The van der Waals surface area contributed by atoms with Gasteiger partial charge in [-0.15, -0.1) is 0 Å². The van der Waals surface area contributed by atoms with Gasteiger partial charge < -0.3 is 9.84 Å². The van der Waals surface area contributed by atoms with E-state index in [1.165, 1.54) is 5.56 Å². The predicted molar refractivity (Wildman–Crippen MR) is 95.4 cm³/mol. The fraction of sp³-hybridized carbons (Fsp3) is 0.650. The highest BCUT2D eigenvalue weighted by Gasteiger charge is 2.28. The van der Waals surface area contributed by atoms with E-state index in [1.54, 1.807) is 0 Å². The zero-order valence-corrected chi connectivity index (χ0v) is 15.7. The van der Waals surface area contributed by atoms with Crippen LogP contribution < -0.4 is 4.74 Å². The SMILES string of the molecule is CC[C@@H](Oc1ccc(C(C)(C)CC)cc1C(C)(C)CC)C(=O)O. The molecule has 3 heteroatoms. The smallest absolute Gasteiger partial charge is 0.344 e. The van der Waals surface area contributed by atoms with Crippen LogP contribution in [0, 0.1) is 0 Å². The van der Waals surface area contributed by atoms with Gasteiger partial charge in [0.05, 0.1) is 0 Å². The number of carboxylic acid groups (broad SMARTS) is 1. The van der Waals surface area contributed by atoms with Crippen molar-refractivity contribution in [3.05, 3.63) is 29.3 Å². The second kappa shape index (κ2) is 7.37. The van der Waals surface area contributed by atoms with E-state index in [0.717, 1.165) is 18.4 Å². The second-order valence-corrected chi connectivity index (χ2v) is 7.54. The molecule has 0 aliphatic rings. The summed E-state index contributed by atoms with van der Waals surface area (Å²) in [5, 5.41) is 9.28. The molecule has 0 spiro atoms. The van der Waals surface area contributed by atoms with Crippen LogP contribution in [-0.4, -0.2) is 17.2 Å². The number of benzene rings is 1. The van der Waals surface area contributed by atoms with Gasteiger partial charge >= 0.3 is 5.97 Å². The van der Waals surface area contributed by atoms with Gasteiger partial charge in [0.15, 0.2) is 6.10 Å². The van der Waals surface area contributed by atoms with Gasteiger partial charge in [0, 0.05) is 5.56 Å². The minimum atomic E-state index is -0.911. The van der Waals surface area contributed by atoms with Crippen molar-refractivity contribution < 1.29 is 14.6 Å². The molecule has 1 atom stereocenters. The number of aliphatic carboxylic acids is 1. The lowest BCUT2D eigenvalue weighted by Gasteiger charge is -2.31. The molecule has 0 bridgehead atoms. The highest BCUT2D eigenvalue weighted by Crippen LogP contribution is 2.38. The molecular formula is C20H32O3. The van der Waals surface area contributed by atoms with Crippen molar-refractivity contribution in [2.75, 3.05) is 0 Å². The molecule has 1 N–H and O–H groups in total. The molecule has 0 aromatic heterocycles. The largest absolute Gasteiger partial charge is 0.479 e. The van der Waals surface area contributed by atoms with Gasteiger partial charge in [-0.25, -0.2) is 4.79 Å². The summed E-state index contributed by atoms with van der Waals surface area (Å²) in [5.41, 5.74) is 2.39. The van der Waals surface area contributed by atoms with Crippen LogP contribution >= 0.6 is 0 Å². The molecule has 0 amide bonds. The number of rotatable bonds is 8. The lowest BCUT2D eigenvalue weighted by atomic mass is 9.76. The Balaban J connectivity index is 3.38. The maximum absolute atomic E-state index is 11.3. The minimum Gasteiger partial charge on any atom is -0.479 e. The number of hydrogen-bond acceptors (Lipinski definition) is 2. The molecule has 1 aromatic carbocycles. The highest BCUT2D eigenvalue weighted by molar-refractivity contribution is 5.72. The van der Waals surface area contributed by atoms with Gasteiger partial charge in [0.25, 0.3) is 0 Å². The van der Waals surface area contributed by atoms with Crippen LogP contribution in [0.5, 0.6) is 5.75 Å².